The normalized spacial score (nSPS) is 12.0. The van der Waals surface area contributed by atoms with E-state index in [0.29, 0.717) is 16.7 Å². The van der Waals surface area contributed by atoms with Gasteiger partial charge in [-0.05, 0) is 37.4 Å². The maximum absolute atomic E-state index is 13.2. The number of rotatable bonds is 9. The smallest absolute Gasteiger partial charge is 0.493 e. The van der Waals surface area contributed by atoms with Crippen LogP contribution in [0, 0.1) is 6.92 Å². The van der Waals surface area contributed by atoms with Crippen molar-refractivity contribution in [2.75, 3.05) is 25.6 Å². The van der Waals surface area contributed by atoms with Crippen molar-refractivity contribution in [1.29, 1.82) is 0 Å². The van der Waals surface area contributed by atoms with Crippen LogP contribution in [0.5, 0.6) is 11.5 Å². The number of anilines is 1. The first-order chi connectivity index (χ1) is 16.4. The molecule has 0 aliphatic rings. The van der Waals surface area contributed by atoms with E-state index in [1.54, 1.807) is 6.92 Å². The lowest BCUT2D eigenvalue weighted by atomic mass is 10.2. The van der Waals surface area contributed by atoms with Crippen LogP contribution in [0.4, 0.5) is 38.0 Å². The molecule has 0 atom stereocenters. The Morgan fingerprint density at radius 2 is 1.71 bits per heavy atom. The minimum absolute atomic E-state index is 0.0820. The van der Waals surface area contributed by atoms with Crippen LogP contribution in [-0.2, 0) is 17.5 Å². The number of alkyl halides is 6. The van der Waals surface area contributed by atoms with Gasteiger partial charge in [-0.15, -0.1) is 13.2 Å². The van der Waals surface area contributed by atoms with Gasteiger partial charge in [0.25, 0.3) is 0 Å². The van der Waals surface area contributed by atoms with Crippen LogP contribution in [0.15, 0.2) is 29.3 Å². The van der Waals surface area contributed by atoms with Gasteiger partial charge in [-0.2, -0.15) is 13.2 Å². The number of fused-ring (bicyclic) bond motifs is 1. The summed E-state index contributed by atoms with van der Waals surface area (Å²) in [7, 11) is 1.35. The molecule has 2 aromatic heterocycles. The number of halogens is 6. The lowest BCUT2D eigenvalue weighted by Gasteiger charge is -2.15. The standard InChI is InChI=1S/C21H19F6N5O3/c1-11-30-14-9-15(33-3)16(34-4-5-35-21(25,26)27)8-13(14)19(31-11)29-10-12-6-17(20(22,23)24)32-18(7-12)28-2/h6-9H,2,4-5,10H2,1,3H3,(H,29,30,31). The monoisotopic (exact) mass is 503 g/mol. The van der Waals surface area contributed by atoms with Crippen LogP contribution in [0.2, 0.25) is 0 Å². The van der Waals surface area contributed by atoms with E-state index in [9.17, 15) is 26.3 Å². The van der Waals surface area contributed by atoms with Gasteiger partial charge in [0.15, 0.2) is 17.3 Å². The number of nitrogens with one attached hydrogen (secondary N) is 1. The molecule has 0 bridgehead atoms. The Morgan fingerprint density at radius 3 is 2.34 bits per heavy atom. The van der Waals surface area contributed by atoms with Gasteiger partial charge >= 0.3 is 12.5 Å². The van der Waals surface area contributed by atoms with Crippen LogP contribution in [-0.4, -0.2) is 48.4 Å². The van der Waals surface area contributed by atoms with E-state index in [-0.39, 0.29) is 35.2 Å². The molecular weight excluding hydrogens is 484 g/mol. The molecule has 0 spiro atoms. The molecule has 3 rings (SSSR count). The Balaban J connectivity index is 1.90. The van der Waals surface area contributed by atoms with Gasteiger partial charge in [-0.3, -0.25) is 4.74 Å². The molecule has 0 aliphatic heterocycles. The number of pyridine rings is 1. The molecule has 14 heteroatoms. The second kappa shape index (κ2) is 10.3. The third kappa shape index (κ3) is 6.91. The summed E-state index contributed by atoms with van der Waals surface area (Å²) < 4.78 is 90.3. The Morgan fingerprint density at radius 1 is 0.971 bits per heavy atom. The molecule has 0 radical (unpaired) electrons. The van der Waals surface area contributed by atoms with Crippen molar-refractivity contribution < 1.29 is 40.6 Å². The van der Waals surface area contributed by atoms with Gasteiger partial charge in [0.05, 0.1) is 19.2 Å². The predicted molar refractivity (Wildman–Crippen MR) is 114 cm³/mol. The number of ether oxygens (including phenoxy) is 3. The van der Waals surface area contributed by atoms with Gasteiger partial charge in [0.2, 0.25) is 0 Å². The quantitative estimate of drug-likeness (QED) is 0.243. The van der Waals surface area contributed by atoms with Gasteiger partial charge in [-0.25, -0.2) is 19.9 Å². The number of aliphatic imine (C=N–C) groups is 1. The predicted octanol–water partition coefficient (Wildman–Crippen LogP) is 5.22. The van der Waals surface area contributed by atoms with Crippen LogP contribution in [0.3, 0.4) is 0 Å². The number of methoxy groups -OCH3 is 1. The number of benzene rings is 1. The van der Waals surface area contributed by atoms with Gasteiger partial charge in [0, 0.05) is 18.0 Å². The highest BCUT2D eigenvalue weighted by Crippen LogP contribution is 2.35. The molecule has 2 heterocycles. The highest BCUT2D eigenvalue weighted by molar-refractivity contribution is 5.91. The average molecular weight is 503 g/mol. The second-order valence-electron chi connectivity index (χ2n) is 7.01. The highest BCUT2D eigenvalue weighted by atomic mass is 19.4. The molecule has 0 amide bonds. The zero-order valence-electron chi connectivity index (χ0n) is 18.4. The maximum Gasteiger partial charge on any atom is 0.522 e. The van der Waals surface area contributed by atoms with Crippen molar-refractivity contribution >= 4 is 29.3 Å². The Hall–Kier alpha value is -3.68. The molecular formula is C21H19F6N5O3. The Bertz CT molecular complexity index is 1220. The number of aryl methyl sites for hydroxylation is 1. The van der Waals surface area contributed by atoms with Gasteiger partial charge < -0.3 is 14.8 Å². The zero-order valence-corrected chi connectivity index (χ0v) is 18.4. The first-order valence-electron chi connectivity index (χ1n) is 9.88. The Labute approximate surface area is 195 Å². The second-order valence-corrected chi connectivity index (χ2v) is 7.01. The van der Waals surface area contributed by atoms with Gasteiger partial charge in [0.1, 0.15) is 23.9 Å². The fraction of sp³-hybridized carbons (Fsp3) is 0.333. The number of nitrogens with zero attached hydrogens (tertiary/aromatic N) is 4. The highest BCUT2D eigenvalue weighted by Gasteiger charge is 2.33. The maximum atomic E-state index is 13.2. The van der Waals surface area contributed by atoms with E-state index < -0.39 is 31.4 Å². The first-order valence-corrected chi connectivity index (χ1v) is 9.88. The summed E-state index contributed by atoms with van der Waals surface area (Å²) in [6.45, 7) is 3.58. The average Bonchev–Trinajstić information content (AvgIpc) is 2.78. The summed E-state index contributed by atoms with van der Waals surface area (Å²) in [6.07, 6.45) is -9.47. The van der Waals surface area contributed by atoms with E-state index in [2.05, 4.69) is 36.7 Å². The summed E-state index contributed by atoms with van der Waals surface area (Å²) in [5, 5.41) is 3.35. The topological polar surface area (TPSA) is 90.8 Å². The van der Waals surface area contributed by atoms with Gasteiger partial charge in [-0.1, -0.05) is 0 Å². The molecule has 0 saturated carbocycles. The van der Waals surface area contributed by atoms with E-state index in [0.717, 1.165) is 6.07 Å². The first kappa shape index (κ1) is 25.9. The lowest BCUT2D eigenvalue weighted by molar-refractivity contribution is -0.325. The summed E-state index contributed by atoms with van der Waals surface area (Å²) in [5.41, 5.74) is -0.493. The fourth-order valence-corrected chi connectivity index (χ4v) is 3.05. The molecule has 1 aromatic carbocycles. The molecule has 188 valence electrons. The largest absolute Gasteiger partial charge is 0.522 e. The SMILES string of the molecule is C=Nc1cc(CNc2nc(C)nc3cc(OC)c(OCCOC(F)(F)F)cc23)cc(C(F)(F)F)n1. The lowest BCUT2D eigenvalue weighted by Crippen LogP contribution is -2.18. The van der Waals surface area contributed by atoms with Crippen LogP contribution in [0.1, 0.15) is 17.1 Å². The molecule has 35 heavy (non-hydrogen) atoms. The summed E-state index contributed by atoms with van der Waals surface area (Å²) in [4.78, 5) is 15.5. The molecule has 0 aliphatic carbocycles. The van der Waals surface area contributed by atoms with E-state index in [1.165, 1.54) is 25.3 Å². The van der Waals surface area contributed by atoms with E-state index >= 15 is 0 Å². The van der Waals surface area contributed by atoms with E-state index in [1.807, 2.05) is 0 Å². The minimum Gasteiger partial charge on any atom is -0.493 e. The molecule has 8 nitrogen and oxygen atoms in total. The van der Waals surface area contributed by atoms with Crippen molar-refractivity contribution in [1.82, 2.24) is 15.0 Å². The van der Waals surface area contributed by atoms with Crippen LogP contribution in [0.25, 0.3) is 10.9 Å². The van der Waals surface area contributed by atoms with Crippen molar-refractivity contribution in [3.63, 3.8) is 0 Å². The minimum atomic E-state index is -4.79. The van der Waals surface area contributed by atoms with E-state index in [4.69, 9.17) is 9.47 Å². The molecule has 3 aromatic rings. The number of hydrogen-bond donors (Lipinski definition) is 1. The fourth-order valence-electron chi connectivity index (χ4n) is 3.05. The summed E-state index contributed by atoms with van der Waals surface area (Å²) in [6, 6.07) is 5.16. The van der Waals surface area contributed by atoms with Crippen molar-refractivity contribution in [2.24, 2.45) is 4.99 Å². The molecule has 0 saturated heterocycles. The third-order valence-corrected chi connectivity index (χ3v) is 4.48. The molecule has 0 unspecified atom stereocenters. The number of aromatic nitrogens is 3. The van der Waals surface area contributed by atoms with Crippen molar-refractivity contribution in [2.45, 2.75) is 26.0 Å². The van der Waals surface area contributed by atoms with Crippen LogP contribution < -0.4 is 14.8 Å². The number of hydrogen-bond acceptors (Lipinski definition) is 8. The van der Waals surface area contributed by atoms with Crippen LogP contribution >= 0.6 is 0 Å². The summed E-state index contributed by atoms with van der Waals surface area (Å²) >= 11 is 0. The zero-order chi connectivity index (χ0) is 25.8. The summed E-state index contributed by atoms with van der Waals surface area (Å²) in [5.74, 6) is 0.724. The van der Waals surface area contributed by atoms with Crippen molar-refractivity contribution in [3.05, 3.63) is 41.3 Å². The molecule has 0 fully saturated rings. The molecule has 1 N–H and O–H groups in total. The third-order valence-electron chi connectivity index (χ3n) is 4.48. The Kier molecular flexibility index (Phi) is 7.63. The van der Waals surface area contributed by atoms with Crippen molar-refractivity contribution in [3.8, 4) is 11.5 Å².